The van der Waals surface area contributed by atoms with Gasteiger partial charge in [0.1, 0.15) is 19.3 Å². The van der Waals surface area contributed by atoms with Gasteiger partial charge in [-0.05, 0) is 116 Å². The third-order valence-corrected chi connectivity index (χ3v) is 13.2. The average Bonchev–Trinajstić information content (AvgIpc) is 3.46. The second-order valence-corrected chi connectivity index (χ2v) is 15.9. The Balaban J connectivity index is 0.998. The Morgan fingerprint density at radius 3 is 2.32 bits per heavy atom. The number of benzene rings is 1. The molecule has 4 fully saturated rings. The molecule has 0 heterocycles. The van der Waals surface area contributed by atoms with E-state index < -0.39 is 5.97 Å². The molecule has 50 heavy (non-hydrogen) atoms. The van der Waals surface area contributed by atoms with Gasteiger partial charge in [-0.15, -0.1) is 0 Å². The summed E-state index contributed by atoms with van der Waals surface area (Å²) < 4.78 is 27.2. The van der Waals surface area contributed by atoms with Crippen LogP contribution in [0.3, 0.4) is 0 Å². The molecule has 4 aliphatic carbocycles. The smallest absolute Gasteiger partial charge is 0.407 e. The number of rotatable bonds is 18. The summed E-state index contributed by atoms with van der Waals surface area (Å²) in [7, 11) is 0. The van der Waals surface area contributed by atoms with Gasteiger partial charge in [-0.2, -0.15) is 0 Å². The first-order chi connectivity index (χ1) is 24.1. The van der Waals surface area contributed by atoms with Gasteiger partial charge in [0.05, 0.1) is 33.0 Å². The number of esters is 1. The number of aliphatic carboxylic acids is 1. The summed E-state index contributed by atoms with van der Waals surface area (Å²) >= 11 is 0. The molecule has 4 aliphatic rings. The molecule has 0 bridgehead atoms. The Kier molecular flexibility index (Phi) is 14.0. The molecule has 0 radical (unpaired) electrons. The predicted octanol–water partition coefficient (Wildman–Crippen LogP) is 7.03. The zero-order valence-corrected chi connectivity index (χ0v) is 30.6. The molecule has 4 saturated carbocycles. The lowest BCUT2D eigenvalue weighted by Gasteiger charge is -2.61. The van der Waals surface area contributed by atoms with E-state index in [0.717, 1.165) is 49.0 Å². The highest BCUT2D eigenvalue weighted by molar-refractivity contribution is 5.69. The first kappa shape index (κ1) is 38.5. The number of carbonyl (C=O) groups excluding carboxylic acids is 2. The third-order valence-electron chi connectivity index (χ3n) is 13.2. The molecule has 2 N–H and O–H groups in total. The minimum absolute atomic E-state index is 0.0350. The van der Waals surface area contributed by atoms with E-state index >= 15 is 0 Å². The molecular weight excluding hydrogens is 638 g/mol. The summed E-state index contributed by atoms with van der Waals surface area (Å²) in [6.07, 6.45) is 11.7. The minimum Gasteiger partial charge on any atom is -0.480 e. The highest BCUT2D eigenvalue weighted by atomic mass is 16.6. The van der Waals surface area contributed by atoms with Crippen molar-refractivity contribution < 1.29 is 43.2 Å². The maximum Gasteiger partial charge on any atom is 0.407 e. The fourth-order valence-corrected chi connectivity index (χ4v) is 10.7. The fraction of sp³-hybridized carbons (Fsp3) is 0.775. The van der Waals surface area contributed by atoms with Crippen molar-refractivity contribution in [3.8, 4) is 0 Å². The van der Waals surface area contributed by atoms with Crippen LogP contribution in [0, 0.1) is 46.3 Å². The largest absolute Gasteiger partial charge is 0.480 e. The van der Waals surface area contributed by atoms with Crippen molar-refractivity contribution in [2.45, 2.75) is 104 Å². The molecule has 1 amide bonds. The van der Waals surface area contributed by atoms with Crippen LogP contribution in [0.4, 0.5) is 4.79 Å². The minimum atomic E-state index is -1.00. The van der Waals surface area contributed by atoms with Gasteiger partial charge in [0.15, 0.2) is 0 Å². The average molecular weight is 700 g/mol. The monoisotopic (exact) mass is 699 g/mol. The van der Waals surface area contributed by atoms with Gasteiger partial charge in [0.2, 0.25) is 0 Å². The highest BCUT2D eigenvalue weighted by Gasteiger charge is 2.60. The lowest BCUT2D eigenvalue weighted by atomic mass is 9.44. The maximum absolute atomic E-state index is 12.6. The molecule has 0 aliphatic heterocycles. The number of carboxylic acids is 1. The van der Waals surface area contributed by atoms with Crippen LogP contribution in [0.1, 0.15) is 97.0 Å². The second kappa shape index (κ2) is 18.2. The molecule has 5 rings (SSSR count). The summed E-state index contributed by atoms with van der Waals surface area (Å²) in [4.78, 5) is 35.6. The van der Waals surface area contributed by atoms with Crippen LogP contribution in [-0.2, 0) is 39.9 Å². The van der Waals surface area contributed by atoms with Gasteiger partial charge < -0.3 is 34.1 Å². The Bertz CT molecular complexity index is 1240. The Labute approximate surface area is 298 Å². The van der Waals surface area contributed by atoms with E-state index in [-0.39, 0.29) is 31.4 Å². The first-order valence-electron chi connectivity index (χ1n) is 19.2. The SMILES string of the molecule is C[C@H](CCC(=O)OCc1ccccc1)[C@H]1CC[C@H]2[C@@H]3CC[C@@H]4C[C@@H](OC(=O)NCCOCCOCCOCC(=O)O)CC[C@]4(C)[C@H]3CC[C@]12C. The molecule has 0 spiro atoms. The van der Waals surface area contributed by atoms with Gasteiger partial charge in [-0.3, -0.25) is 4.79 Å². The van der Waals surface area contributed by atoms with Crippen LogP contribution in [0.2, 0.25) is 0 Å². The molecule has 0 saturated heterocycles. The number of nitrogens with one attached hydrogen (secondary N) is 1. The normalized spacial score (nSPS) is 32.2. The molecule has 1 aromatic carbocycles. The molecule has 9 atom stereocenters. The standard InChI is InChI=1S/C40H61NO9/c1-28(9-14-37(44)49-26-29-7-5-4-6-8-29)33-12-13-34-32-11-10-30-25-31(15-17-39(30,2)35(32)16-18-40(33,34)3)50-38(45)41-19-20-46-21-22-47-23-24-48-27-36(42)43/h4-8,28,30-35H,9-27H2,1-3H3,(H,41,45)(H,42,43)/t28-,30-,31+,32+,33-,34+,35+,39+,40-/m1/s1. The predicted molar refractivity (Wildman–Crippen MR) is 188 cm³/mol. The molecular formula is C40H61NO9. The number of ether oxygens (including phenoxy) is 5. The van der Waals surface area contributed by atoms with E-state index in [1.807, 2.05) is 30.3 Å². The van der Waals surface area contributed by atoms with E-state index in [4.69, 9.17) is 28.8 Å². The summed E-state index contributed by atoms with van der Waals surface area (Å²) in [5.41, 5.74) is 1.70. The summed E-state index contributed by atoms with van der Waals surface area (Å²) in [6.45, 7) is 9.55. The molecule has 10 heteroatoms. The number of alkyl carbamates (subject to hydrolysis) is 1. The van der Waals surface area contributed by atoms with Crippen molar-refractivity contribution in [1.29, 1.82) is 0 Å². The zero-order chi connectivity index (χ0) is 35.6. The lowest BCUT2D eigenvalue weighted by molar-refractivity contribution is -0.146. The molecule has 1 aromatic rings. The van der Waals surface area contributed by atoms with Crippen LogP contribution < -0.4 is 5.32 Å². The van der Waals surface area contributed by atoms with E-state index in [2.05, 4.69) is 26.1 Å². The number of hydrogen-bond acceptors (Lipinski definition) is 8. The lowest BCUT2D eigenvalue weighted by Crippen LogP contribution is -2.54. The van der Waals surface area contributed by atoms with Crippen molar-refractivity contribution in [2.24, 2.45) is 46.3 Å². The number of hydrogen-bond donors (Lipinski definition) is 2. The Morgan fingerprint density at radius 2 is 1.56 bits per heavy atom. The zero-order valence-electron chi connectivity index (χ0n) is 30.6. The van der Waals surface area contributed by atoms with E-state index in [1.54, 1.807) is 0 Å². The highest BCUT2D eigenvalue weighted by Crippen LogP contribution is 2.68. The quantitative estimate of drug-likeness (QED) is 0.123. The van der Waals surface area contributed by atoms with Gasteiger partial charge >= 0.3 is 18.0 Å². The van der Waals surface area contributed by atoms with Crippen molar-refractivity contribution in [3.63, 3.8) is 0 Å². The van der Waals surface area contributed by atoms with Crippen molar-refractivity contribution in [3.05, 3.63) is 35.9 Å². The summed E-state index contributed by atoms with van der Waals surface area (Å²) in [5.74, 6) is 2.98. The van der Waals surface area contributed by atoms with E-state index in [1.165, 1.54) is 38.5 Å². The summed E-state index contributed by atoms with van der Waals surface area (Å²) in [5, 5.41) is 11.4. The molecule has 0 aromatic heterocycles. The molecule has 0 unspecified atom stereocenters. The van der Waals surface area contributed by atoms with E-state index in [9.17, 15) is 14.4 Å². The van der Waals surface area contributed by atoms with Crippen molar-refractivity contribution in [2.75, 3.05) is 46.2 Å². The van der Waals surface area contributed by atoms with Crippen molar-refractivity contribution in [1.82, 2.24) is 5.32 Å². The van der Waals surface area contributed by atoms with Crippen LogP contribution >= 0.6 is 0 Å². The summed E-state index contributed by atoms with van der Waals surface area (Å²) in [6, 6.07) is 9.91. The topological polar surface area (TPSA) is 130 Å². The fourth-order valence-electron chi connectivity index (χ4n) is 10.7. The van der Waals surface area contributed by atoms with Gasteiger partial charge in [0.25, 0.3) is 0 Å². The first-order valence-corrected chi connectivity index (χ1v) is 19.2. The van der Waals surface area contributed by atoms with Gasteiger partial charge in [-0.25, -0.2) is 9.59 Å². The third kappa shape index (κ3) is 9.79. The Hall–Kier alpha value is -2.69. The number of amides is 1. The maximum atomic E-state index is 12.6. The van der Waals surface area contributed by atoms with Crippen LogP contribution in [0.25, 0.3) is 0 Å². The van der Waals surface area contributed by atoms with Crippen LogP contribution in [0.5, 0.6) is 0 Å². The molecule has 10 nitrogen and oxygen atoms in total. The molecule has 280 valence electrons. The second-order valence-electron chi connectivity index (χ2n) is 15.9. The number of fused-ring (bicyclic) bond motifs is 5. The van der Waals surface area contributed by atoms with Gasteiger partial charge in [0, 0.05) is 13.0 Å². The van der Waals surface area contributed by atoms with Crippen LogP contribution in [0.15, 0.2) is 30.3 Å². The number of carboxylic acid groups (broad SMARTS) is 1. The van der Waals surface area contributed by atoms with Crippen molar-refractivity contribution >= 4 is 18.0 Å². The van der Waals surface area contributed by atoms with Gasteiger partial charge in [-0.1, -0.05) is 51.1 Å². The van der Waals surface area contributed by atoms with E-state index in [0.29, 0.717) is 74.6 Å². The number of carbonyl (C=O) groups is 3. The van der Waals surface area contributed by atoms with Crippen LogP contribution in [-0.4, -0.2) is 75.4 Å². The Morgan fingerprint density at radius 1 is 0.860 bits per heavy atom.